The Balaban J connectivity index is 1.70. The molecular weight excluding hydrogens is 238 g/mol. The van der Waals surface area contributed by atoms with Crippen LogP contribution in [0.3, 0.4) is 0 Å². The Bertz CT molecular complexity index is 579. The van der Waals surface area contributed by atoms with Crippen LogP contribution in [0.5, 0.6) is 0 Å². The lowest BCUT2D eigenvalue weighted by atomic mass is 10.1. The summed E-state index contributed by atoms with van der Waals surface area (Å²) in [6.07, 6.45) is 5.98. The van der Waals surface area contributed by atoms with Crippen LogP contribution in [0.15, 0.2) is 42.7 Å². The molecule has 1 saturated carbocycles. The molecule has 3 rings (SSSR count). The fourth-order valence-electron chi connectivity index (χ4n) is 2.23. The van der Waals surface area contributed by atoms with Crippen molar-refractivity contribution in [2.45, 2.75) is 26.0 Å². The molecule has 0 bridgehead atoms. The summed E-state index contributed by atoms with van der Waals surface area (Å²) in [5, 5.41) is 9.00. The first kappa shape index (κ1) is 12.2. The van der Waals surface area contributed by atoms with Crippen molar-refractivity contribution < 1.29 is 9.90 Å². The number of aliphatic hydroxyl groups excluding tert-OH is 1. The SMILES string of the molecule is O=C(c1ccn(Cc2ccc(CO)cc2)c1)C1CC1. The molecule has 0 amide bonds. The highest BCUT2D eigenvalue weighted by Gasteiger charge is 2.30. The number of nitrogens with zero attached hydrogens (tertiary/aromatic N) is 1. The maximum absolute atomic E-state index is 11.9. The van der Waals surface area contributed by atoms with E-state index in [4.69, 9.17) is 5.11 Å². The van der Waals surface area contributed by atoms with E-state index in [2.05, 4.69) is 0 Å². The van der Waals surface area contributed by atoms with Gasteiger partial charge in [0.15, 0.2) is 5.78 Å². The van der Waals surface area contributed by atoms with E-state index in [0.717, 1.165) is 30.5 Å². The summed E-state index contributed by atoms with van der Waals surface area (Å²) >= 11 is 0. The van der Waals surface area contributed by atoms with Crippen LogP contribution in [0.2, 0.25) is 0 Å². The van der Waals surface area contributed by atoms with Crippen molar-refractivity contribution in [3.8, 4) is 0 Å². The average molecular weight is 255 g/mol. The second kappa shape index (κ2) is 5.02. The summed E-state index contributed by atoms with van der Waals surface area (Å²) in [6.45, 7) is 0.827. The Morgan fingerprint density at radius 1 is 1.16 bits per heavy atom. The van der Waals surface area contributed by atoms with E-state index in [1.165, 1.54) is 5.56 Å². The quantitative estimate of drug-likeness (QED) is 0.834. The topological polar surface area (TPSA) is 42.2 Å². The van der Waals surface area contributed by atoms with Crippen molar-refractivity contribution in [3.05, 3.63) is 59.4 Å². The minimum absolute atomic E-state index is 0.0733. The summed E-state index contributed by atoms with van der Waals surface area (Å²) in [5.74, 6) is 0.564. The zero-order valence-electron chi connectivity index (χ0n) is 10.7. The van der Waals surface area contributed by atoms with Gasteiger partial charge < -0.3 is 9.67 Å². The van der Waals surface area contributed by atoms with E-state index < -0.39 is 0 Å². The molecule has 0 atom stereocenters. The molecule has 1 heterocycles. The maximum Gasteiger partial charge on any atom is 0.167 e. The fraction of sp³-hybridized carbons (Fsp3) is 0.312. The Morgan fingerprint density at radius 2 is 1.84 bits per heavy atom. The van der Waals surface area contributed by atoms with Crippen LogP contribution in [0.4, 0.5) is 0 Å². The van der Waals surface area contributed by atoms with Crippen LogP contribution in [-0.4, -0.2) is 15.5 Å². The minimum atomic E-state index is 0.0733. The molecule has 1 fully saturated rings. The number of carbonyl (C=O) groups excluding carboxylic acids is 1. The minimum Gasteiger partial charge on any atom is -0.392 e. The highest BCUT2D eigenvalue weighted by Crippen LogP contribution is 2.32. The Kier molecular flexibility index (Phi) is 3.22. The van der Waals surface area contributed by atoms with Crippen LogP contribution >= 0.6 is 0 Å². The van der Waals surface area contributed by atoms with Gasteiger partial charge in [-0.05, 0) is 30.0 Å². The van der Waals surface area contributed by atoms with E-state index in [1.807, 2.05) is 47.3 Å². The van der Waals surface area contributed by atoms with Crippen LogP contribution < -0.4 is 0 Å². The largest absolute Gasteiger partial charge is 0.392 e. The number of benzene rings is 1. The molecule has 1 aliphatic carbocycles. The van der Waals surface area contributed by atoms with E-state index in [-0.39, 0.29) is 18.3 Å². The van der Waals surface area contributed by atoms with Gasteiger partial charge in [0.2, 0.25) is 0 Å². The molecule has 0 spiro atoms. The molecule has 0 aliphatic heterocycles. The molecule has 98 valence electrons. The first-order valence-corrected chi connectivity index (χ1v) is 6.65. The van der Waals surface area contributed by atoms with Crippen LogP contribution in [0.1, 0.15) is 34.3 Å². The molecule has 0 saturated heterocycles. The van der Waals surface area contributed by atoms with Gasteiger partial charge in [0.05, 0.1) is 6.61 Å². The summed E-state index contributed by atoms with van der Waals surface area (Å²) in [6, 6.07) is 9.77. The van der Waals surface area contributed by atoms with E-state index in [1.54, 1.807) is 0 Å². The molecule has 1 aliphatic rings. The van der Waals surface area contributed by atoms with Crippen molar-refractivity contribution in [2.75, 3.05) is 0 Å². The number of carbonyl (C=O) groups is 1. The van der Waals surface area contributed by atoms with Crippen molar-refractivity contribution in [1.29, 1.82) is 0 Å². The molecule has 1 N–H and O–H groups in total. The third kappa shape index (κ3) is 2.76. The zero-order chi connectivity index (χ0) is 13.2. The molecular formula is C16H17NO2. The molecule has 2 aromatic rings. The smallest absolute Gasteiger partial charge is 0.167 e. The normalized spacial score (nSPS) is 14.6. The highest BCUT2D eigenvalue weighted by molar-refractivity contribution is 5.99. The Labute approximate surface area is 112 Å². The number of Topliss-reactive ketones (excluding diaryl/α,β-unsaturated/α-hetero) is 1. The highest BCUT2D eigenvalue weighted by atomic mass is 16.3. The predicted octanol–water partition coefficient (Wildman–Crippen LogP) is 2.62. The Morgan fingerprint density at radius 3 is 2.47 bits per heavy atom. The monoisotopic (exact) mass is 255 g/mol. The lowest BCUT2D eigenvalue weighted by Gasteiger charge is -2.04. The lowest BCUT2D eigenvalue weighted by Crippen LogP contribution is -2.01. The second-order valence-corrected chi connectivity index (χ2v) is 5.19. The first-order valence-electron chi connectivity index (χ1n) is 6.65. The summed E-state index contributed by atoms with van der Waals surface area (Å²) < 4.78 is 2.03. The van der Waals surface area contributed by atoms with Gasteiger partial charge >= 0.3 is 0 Å². The average Bonchev–Trinajstić information content (AvgIpc) is 3.19. The predicted molar refractivity (Wildman–Crippen MR) is 73.0 cm³/mol. The van der Waals surface area contributed by atoms with Gasteiger partial charge in [-0.2, -0.15) is 0 Å². The number of hydrogen-bond acceptors (Lipinski definition) is 2. The third-order valence-electron chi connectivity index (χ3n) is 3.55. The second-order valence-electron chi connectivity index (χ2n) is 5.19. The fourth-order valence-corrected chi connectivity index (χ4v) is 2.23. The van der Waals surface area contributed by atoms with Gasteiger partial charge in [-0.15, -0.1) is 0 Å². The van der Waals surface area contributed by atoms with Crippen molar-refractivity contribution in [1.82, 2.24) is 4.57 Å². The van der Waals surface area contributed by atoms with Gasteiger partial charge in [-0.25, -0.2) is 0 Å². The molecule has 3 heteroatoms. The number of ketones is 1. The molecule has 1 aromatic carbocycles. The summed E-state index contributed by atoms with van der Waals surface area (Å²) in [5.41, 5.74) is 2.91. The Hall–Kier alpha value is -1.87. The van der Waals surface area contributed by atoms with E-state index in [0.29, 0.717) is 0 Å². The maximum atomic E-state index is 11.9. The van der Waals surface area contributed by atoms with Crippen LogP contribution in [-0.2, 0) is 13.2 Å². The standard InChI is InChI=1S/C16H17NO2/c18-11-13-3-1-12(2-4-13)9-17-8-7-15(10-17)16(19)14-5-6-14/h1-4,7-8,10,14,18H,5-6,9,11H2. The van der Waals surface area contributed by atoms with Gasteiger partial charge in [0.25, 0.3) is 0 Å². The molecule has 19 heavy (non-hydrogen) atoms. The van der Waals surface area contributed by atoms with Crippen LogP contribution in [0.25, 0.3) is 0 Å². The number of aromatic nitrogens is 1. The zero-order valence-corrected chi connectivity index (χ0v) is 10.7. The number of hydrogen-bond donors (Lipinski definition) is 1. The summed E-state index contributed by atoms with van der Waals surface area (Å²) in [7, 11) is 0. The molecule has 0 unspecified atom stereocenters. The van der Waals surface area contributed by atoms with Crippen LogP contribution in [0, 0.1) is 5.92 Å². The van der Waals surface area contributed by atoms with Crippen molar-refractivity contribution >= 4 is 5.78 Å². The molecule has 3 nitrogen and oxygen atoms in total. The van der Waals surface area contributed by atoms with Crippen molar-refractivity contribution in [3.63, 3.8) is 0 Å². The first-order chi connectivity index (χ1) is 9.26. The molecule has 1 aromatic heterocycles. The van der Waals surface area contributed by atoms with Gasteiger partial charge in [0, 0.05) is 30.4 Å². The molecule has 0 radical (unpaired) electrons. The third-order valence-corrected chi connectivity index (χ3v) is 3.55. The van der Waals surface area contributed by atoms with E-state index >= 15 is 0 Å². The van der Waals surface area contributed by atoms with Gasteiger partial charge in [0.1, 0.15) is 0 Å². The van der Waals surface area contributed by atoms with Gasteiger partial charge in [-0.1, -0.05) is 24.3 Å². The van der Waals surface area contributed by atoms with Gasteiger partial charge in [-0.3, -0.25) is 4.79 Å². The number of rotatable bonds is 5. The van der Waals surface area contributed by atoms with Crippen molar-refractivity contribution in [2.24, 2.45) is 5.92 Å². The van der Waals surface area contributed by atoms with E-state index in [9.17, 15) is 4.79 Å². The lowest BCUT2D eigenvalue weighted by molar-refractivity contribution is 0.0967. The number of aliphatic hydroxyl groups is 1. The summed E-state index contributed by atoms with van der Waals surface area (Å²) in [4.78, 5) is 11.9.